The van der Waals surface area contributed by atoms with Gasteiger partial charge in [-0.1, -0.05) is 42.5 Å². The van der Waals surface area contributed by atoms with Crippen molar-refractivity contribution in [3.05, 3.63) is 65.9 Å². The zero-order chi connectivity index (χ0) is 23.8. The highest BCUT2D eigenvalue weighted by Crippen LogP contribution is 2.38. The van der Waals surface area contributed by atoms with Crippen molar-refractivity contribution in [2.75, 3.05) is 20.3 Å². The van der Waals surface area contributed by atoms with Gasteiger partial charge in [0.2, 0.25) is 0 Å². The highest BCUT2D eigenvalue weighted by atomic mass is 16.5. The summed E-state index contributed by atoms with van der Waals surface area (Å²) in [5.74, 6) is 1.73. The third-order valence-corrected chi connectivity index (χ3v) is 8.28. The zero-order valence-corrected chi connectivity index (χ0v) is 20.7. The molecule has 2 unspecified atom stereocenters. The molecule has 5 nitrogen and oxygen atoms in total. The molecule has 0 N–H and O–H groups in total. The minimum atomic E-state index is 0.0638. The lowest BCUT2D eigenvalue weighted by molar-refractivity contribution is -0.0241. The minimum absolute atomic E-state index is 0.0638. The summed E-state index contributed by atoms with van der Waals surface area (Å²) < 4.78 is 14.2. The zero-order valence-electron chi connectivity index (χ0n) is 20.7. The Labute approximate surface area is 208 Å². The van der Waals surface area contributed by atoms with E-state index in [1.54, 1.807) is 7.11 Å². The highest BCUT2D eigenvalue weighted by molar-refractivity contribution is 6.17. The second-order valence-electron chi connectivity index (χ2n) is 10.6. The van der Waals surface area contributed by atoms with Gasteiger partial charge in [0.05, 0.1) is 18.7 Å². The molecule has 184 valence electrons. The summed E-state index contributed by atoms with van der Waals surface area (Å²) >= 11 is 0. The number of piperidine rings is 1. The minimum Gasteiger partial charge on any atom is -0.495 e. The molecule has 3 heterocycles. The number of methoxy groups -OCH3 is 1. The van der Waals surface area contributed by atoms with Crippen LogP contribution in [0.2, 0.25) is 0 Å². The fourth-order valence-corrected chi connectivity index (χ4v) is 6.30. The molecule has 1 aromatic heterocycles. The summed E-state index contributed by atoms with van der Waals surface area (Å²) in [5.41, 5.74) is 2.49. The van der Waals surface area contributed by atoms with Crippen LogP contribution in [0.3, 0.4) is 0 Å². The Kier molecular flexibility index (Phi) is 6.38. The van der Waals surface area contributed by atoms with Gasteiger partial charge in [0.15, 0.2) is 5.78 Å². The van der Waals surface area contributed by atoms with E-state index in [1.807, 2.05) is 54.7 Å². The van der Waals surface area contributed by atoms with E-state index in [9.17, 15) is 4.79 Å². The van der Waals surface area contributed by atoms with Crippen LogP contribution in [0.15, 0.2) is 54.7 Å². The second kappa shape index (κ2) is 9.79. The second-order valence-corrected chi connectivity index (χ2v) is 10.6. The van der Waals surface area contributed by atoms with Crippen molar-refractivity contribution >= 4 is 16.7 Å². The van der Waals surface area contributed by atoms with Gasteiger partial charge in [0, 0.05) is 54.5 Å². The molecule has 3 aromatic rings. The van der Waals surface area contributed by atoms with Crippen LogP contribution in [0, 0.1) is 5.92 Å². The molecule has 1 saturated carbocycles. The number of ketones is 1. The molecular formula is C30H36N2O3. The molecule has 2 saturated heterocycles. The van der Waals surface area contributed by atoms with Gasteiger partial charge in [-0.15, -0.1) is 0 Å². The van der Waals surface area contributed by atoms with Crippen molar-refractivity contribution in [1.82, 2.24) is 9.47 Å². The molecule has 3 fully saturated rings. The van der Waals surface area contributed by atoms with Gasteiger partial charge in [-0.25, -0.2) is 0 Å². The molecule has 6 rings (SSSR count). The monoisotopic (exact) mass is 472 g/mol. The molecule has 1 aliphatic carbocycles. The van der Waals surface area contributed by atoms with Crippen LogP contribution in [0.4, 0.5) is 0 Å². The van der Waals surface area contributed by atoms with Crippen molar-refractivity contribution < 1.29 is 14.3 Å². The molecule has 2 aromatic carbocycles. The lowest BCUT2D eigenvalue weighted by Crippen LogP contribution is -2.46. The molecule has 35 heavy (non-hydrogen) atoms. The van der Waals surface area contributed by atoms with Crippen LogP contribution < -0.4 is 4.74 Å². The van der Waals surface area contributed by atoms with Crippen LogP contribution in [0.1, 0.15) is 60.9 Å². The number of hydrogen-bond acceptors (Lipinski definition) is 4. The van der Waals surface area contributed by atoms with Crippen LogP contribution in [-0.4, -0.2) is 53.7 Å². The van der Waals surface area contributed by atoms with E-state index >= 15 is 0 Å². The first-order chi connectivity index (χ1) is 17.2. The molecule has 0 spiro atoms. The third-order valence-electron chi connectivity index (χ3n) is 8.28. The Morgan fingerprint density at radius 1 is 0.943 bits per heavy atom. The number of fused-ring (bicyclic) bond motifs is 3. The summed E-state index contributed by atoms with van der Waals surface area (Å²) in [4.78, 5) is 16.1. The Morgan fingerprint density at radius 3 is 2.43 bits per heavy atom. The number of aryl methyl sites for hydroxylation is 1. The number of para-hydroxylation sites is 1. The predicted molar refractivity (Wildman–Crippen MR) is 138 cm³/mol. The summed E-state index contributed by atoms with van der Waals surface area (Å²) in [7, 11) is 1.71. The van der Waals surface area contributed by atoms with Crippen molar-refractivity contribution in [3.63, 3.8) is 0 Å². The van der Waals surface area contributed by atoms with Gasteiger partial charge in [0.25, 0.3) is 0 Å². The van der Waals surface area contributed by atoms with Gasteiger partial charge < -0.3 is 14.0 Å². The van der Waals surface area contributed by atoms with Crippen molar-refractivity contribution in [2.45, 2.75) is 69.7 Å². The average Bonchev–Trinajstić information content (AvgIpc) is 3.61. The first-order valence-electron chi connectivity index (χ1n) is 13.3. The van der Waals surface area contributed by atoms with E-state index < -0.39 is 0 Å². The molecule has 3 aliphatic rings. The maximum atomic E-state index is 13.3. The molecule has 2 atom stereocenters. The number of rotatable bonds is 10. The summed E-state index contributed by atoms with van der Waals surface area (Å²) in [6.07, 6.45) is 11.3. The topological polar surface area (TPSA) is 43.7 Å². The molecule has 2 bridgehead atoms. The van der Waals surface area contributed by atoms with Gasteiger partial charge in [0.1, 0.15) is 5.75 Å². The summed E-state index contributed by atoms with van der Waals surface area (Å²) in [6, 6.07) is 16.9. The van der Waals surface area contributed by atoms with E-state index in [0.717, 1.165) is 59.8 Å². The fraction of sp³-hybridized carbons (Fsp3) is 0.500. The standard InChI is InChI=1S/C30H36N2O3/c1-34-28-10-5-9-26-27(30(33)22-7-3-2-4-8-22)19-31(29(26)28)15-6-16-32-23-13-14-24(32)18-25(17-23)35-20-21-11-12-21/h2-5,7-10,19,21,23-25H,6,11-18,20H2,1H3. The summed E-state index contributed by atoms with van der Waals surface area (Å²) in [5, 5.41) is 0.965. The Hall–Kier alpha value is -2.63. The van der Waals surface area contributed by atoms with Crippen LogP contribution >= 0.6 is 0 Å². The van der Waals surface area contributed by atoms with Gasteiger partial charge in [-0.2, -0.15) is 0 Å². The molecule has 0 radical (unpaired) electrons. The Balaban J connectivity index is 1.16. The first kappa shape index (κ1) is 22.8. The summed E-state index contributed by atoms with van der Waals surface area (Å²) in [6.45, 7) is 2.95. The van der Waals surface area contributed by atoms with E-state index in [4.69, 9.17) is 9.47 Å². The smallest absolute Gasteiger partial charge is 0.195 e. The molecule has 5 heteroatoms. The van der Waals surface area contributed by atoms with E-state index in [2.05, 4.69) is 9.47 Å². The fourth-order valence-electron chi connectivity index (χ4n) is 6.30. The predicted octanol–water partition coefficient (Wildman–Crippen LogP) is 5.69. The van der Waals surface area contributed by atoms with Crippen molar-refractivity contribution in [3.8, 4) is 5.75 Å². The van der Waals surface area contributed by atoms with Crippen LogP contribution in [0.25, 0.3) is 10.9 Å². The number of hydrogen-bond donors (Lipinski definition) is 0. The van der Waals surface area contributed by atoms with Crippen molar-refractivity contribution in [1.29, 1.82) is 0 Å². The van der Waals surface area contributed by atoms with Gasteiger partial charge in [-0.05, 0) is 56.9 Å². The number of ether oxygens (including phenoxy) is 2. The highest BCUT2D eigenvalue weighted by Gasteiger charge is 2.41. The Bertz CT molecular complexity index is 1170. The third kappa shape index (κ3) is 4.64. The SMILES string of the molecule is COc1cccc2c(C(=O)c3ccccc3)cn(CCCN3C4CCC3CC(OCC3CC3)C4)c12. The van der Waals surface area contributed by atoms with Crippen LogP contribution in [-0.2, 0) is 11.3 Å². The van der Waals surface area contributed by atoms with E-state index in [0.29, 0.717) is 18.2 Å². The number of carbonyl (C=O) groups is 1. The average molecular weight is 473 g/mol. The Morgan fingerprint density at radius 2 is 1.71 bits per heavy atom. The molecule has 0 amide bonds. The lowest BCUT2D eigenvalue weighted by atomic mass is 9.99. The van der Waals surface area contributed by atoms with Crippen LogP contribution in [0.5, 0.6) is 5.75 Å². The number of nitrogens with zero attached hydrogens (tertiary/aromatic N) is 2. The molecule has 2 aliphatic heterocycles. The quantitative estimate of drug-likeness (QED) is 0.356. The van der Waals surface area contributed by atoms with Gasteiger partial charge in [-0.3, -0.25) is 9.69 Å². The number of benzene rings is 2. The van der Waals surface area contributed by atoms with E-state index in [-0.39, 0.29) is 5.78 Å². The largest absolute Gasteiger partial charge is 0.495 e. The van der Waals surface area contributed by atoms with E-state index in [1.165, 1.54) is 38.5 Å². The maximum absolute atomic E-state index is 13.3. The number of carbonyl (C=O) groups excluding carboxylic acids is 1. The molecular weight excluding hydrogens is 436 g/mol. The number of aromatic nitrogens is 1. The lowest BCUT2D eigenvalue weighted by Gasteiger charge is -2.39. The maximum Gasteiger partial charge on any atom is 0.195 e. The first-order valence-corrected chi connectivity index (χ1v) is 13.3. The normalized spacial score (nSPS) is 24.2. The van der Waals surface area contributed by atoms with Crippen molar-refractivity contribution in [2.24, 2.45) is 5.92 Å². The van der Waals surface area contributed by atoms with Gasteiger partial charge >= 0.3 is 0 Å².